The molecule has 5 rings (SSSR count). The molecule has 1 amide bonds. The molecular weight excluding hydrogens is 380 g/mol. The number of nitrogens with zero attached hydrogens (tertiary/aromatic N) is 2. The van der Waals surface area contributed by atoms with Gasteiger partial charge in [-0.1, -0.05) is 12.1 Å². The lowest BCUT2D eigenvalue weighted by Crippen LogP contribution is -2.50. The number of fused-ring (bicyclic) bond motifs is 3. The fourth-order valence-corrected chi connectivity index (χ4v) is 5.15. The standard InChI is InChI=1S/C24H28N2O4/c1-24(2)13-16-5-3-7-21(23(16)30-24)28-15-22(27)26-17-8-9-18(26)12-20(11-17)29-19-6-4-10-25-14-19/h3-7,10,14,17-18,20H,8-9,11-13,15H2,1-2H3/t17-,18-/m0/s1. The number of rotatable bonds is 5. The Balaban J connectivity index is 1.21. The van der Waals surface area contributed by atoms with Crippen LogP contribution in [0.4, 0.5) is 0 Å². The fourth-order valence-electron chi connectivity index (χ4n) is 5.15. The Morgan fingerprint density at radius 2 is 2.00 bits per heavy atom. The maximum absolute atomic E-state index is 13.0. The molecular formula is C24H28N2O4. The molecule has 2 aromatic rings. The third kappa shape index (κ3) is 3.71. The van der Waals surface area contributed by atoms with Gasteiger partial charge in [-0.15, -0.1) is 0 Å². The van der Waals surface area contributed by atoms with Crippen LogP contribution in [0.3, 0.4) is 0 Å². The van der Waals surface area contributed by atoms with Crippen LogP contribution in [-0.2, 0) is 11.2 Å². The summed E-state index contributed by atoms with van der Waals surface area (Å²) in [4.78, 5) is 19.2. The van der Waals surface area contributed by atoms with Crippen LogP contribution in [0.15, 0.2) is 42.7 Å². The molecule has 0 aliphatic carbocycles. The van der Waals surface area contributed by atoms with E-state index in [1.165, 1.54) is 0 Å². The molecule has 2 fully saturated rings. The number of benzene rings is 1. The Kier molecular flexibility index (Phi) is 4.80. The summed E-state index contributed by atoms with van der Waals surface area (Å²) in [6.07, 6.45) is 8.24. The number of piperidine rings is 1. The minimum absolute atomic E-state index is 0.0430. The van der Waals surface area contributed by atoms with E-state index >= 15 is 0 Å². The third-order valence-electron chi connectivity index (χ3n) is 6.32. The van der Waals surface area contributed by atoms with Gasteiger partial charge in [0.05, 0.1) is 6.20 Å². The molecule has 2 bridgehead atoms. The molecule has 6 nitrogen and oxygen atoms in total. The molecule has 0 saturated carbocycles. The number of amides is 1. The van der Waals surface area contributed by atoms with Crippen LogP contribution < -0.4 is 14.2 Å². The van der Waals surface area contributed by atoms with Crippen LogP contribution in [0.25, 0.3) is 0 Å². The molecule has 0 radical (unpaired) electrons. The van der Waals surface area contributed by atoms with Gasteiger partial charge in [0.1, 0.15) is 17.5 Å². The van der Waals surface area contributed by atoms with E-state index in [2.05, 4.69) is 24.9 Å². The molecule has 30 heavy (non-hydrogen) atoms. The lowest BCUT2D eigenvalue weighted by molar-refractivity contribution is -0.139. The average molecular weight is 408 g/mol. The number of pyridine rings is 1. The Morgan fingerprint density at radius 3 is 2.73 bits per heavy atom. The van der Waals surface area contributed by atoms with Gasteiger partial charge in [0.15, 0.2) is 18.1 Å². The normalized spacial score (nSPS) is 26.1. The van der Waals surface area contributed by atoms with Gasteiger partial charge < -0.3 is 19.1 Å². The molecule has 4 heterocycles. The van der Waals surface area contributed by atoms with Crippen molar-refractivity contribution in [2.45, 2.75) is 69.7 Å². The molecule has 6 heteroatoms. The number of aromatic nitrogens is 1. The topological polar surface area (TPSA) is 60.9 Å². The van der Waals surface area contributed by atoms with Gasteiger partial charge in [0, 0.05) is 43.1 Å². The minimum atomic E-state index is -0.235. The highest BCUT2D eigenvalue weighted by Crippen LogP contribution is 2.42. The number of hydrogen-bond donors (Lipinski definition) is 0. The molecule has 1 aromatic heterocycles. The summed E-state index contributed by atoms with van der Waals surface area (Å²) in [7, 11) is 0. The van der Waals surface area contributed by atoms with Crippen LogP contribution in [-0.4, -0.2) is 46.2 Å². The molecule has 158 valence electrons. The summed E-state index contributed by atoms with van der Waals surface area (Å²) in [6.45, 7) is 4.18. The summed E-state index contributed by atoms with van der Waals surface area (Å²) in [5, 5.41) is 0. The summed E-state index contributed by atoms with van der Waals surface area (Å²) >= 11 is 0. The Labute approximate surface area is 177 Å². The number of ether oxygens (including phenoxy) is 3. The number of para-hydroxylation sites is 1. The zero-order valence-corrected chi connectivity index (χ0v) is 17.5. The van der Waals surface area contributed by atoms with E-state index < -0.39 is 0 Å². The van der Waals surface area contributed by atoms with Crippen LogP contribution in [0.5, 0.6) is 17.2 Å². The van der Waals surface area contributed by atoms with Crippen molar-refractivity contribution in [3.63, 3.8) is 0 Å². The number of hydrogen-bond acceptors (Lipinski definition) is 5. The van der Waals surface area contributed by atoms with Crippen molar-refractivity contribution >= 4 is 5.91 Å². The van der Waals surface area contributed by atoms with E-state index in [1.807, 2.05) is 29.2 Å². The molecule has 3 aliphatic rings. The maximum Gasteiger partial charge on any atom is 0.261 e. The quantitative estimate of drug-likeness (QED) is 0.754. The fraction of sp³-hybridized carbons (Fsp3) is 0.500. The van der Waals surface area contributed by atoms with Crippen LogP contribution in [0, 0.1) is 0 Å². The van der Waals surface area contributed by atoms with E-state index in [-0.39, 0.29) is 36.3 Å². The largest absolute Gasteiger partial charge is 0.489 e. The summed E-state index contributed by atoms with van der Waals surface area (Å²) in [5.74, 6) is 2.29. The zero-order valence-electron chi connectivity index (χ0n) is 17.5. The predicted molar refractivity (Wildman–Crippen MR) is 112 cm³/mol. The van der Waals surface area contributed by atoms with Crippen LogP contribution in [0.2, 0.25) is 0 Å². The van der Waals surface area contributed by atoms with Gasteiger partial charge >= 0.3 is 0 Å². The van der Waals surface area contributed by atoms with Crippen molar-refractivity contribution in [2.75, 3.05) is 6.61 Å². The second kappa shape index (κ2) is 7.49. The highest BCUT2D eigenvalue weighted by molar-refractivity contribution is 5.79. The minimum Gasteiger partial charge on any atom is -0.489 e. The number of carbonyl (C=O) groups is 1. The highest BCUT2D eigenvalue weighted by atomic mass is 16.5. The molecule has 2 atom stereocenters. The molecule has 0 spiro atoms. The zero-order chi connectivity index (χ0) is 20.7. The Hall–Kier alpha value is -2.76. The smallest absolute Gasteiger partial charge is 0.261 e. The van der Waals surface area contributed by atoms with Crippen molar-refractivity contribution in [1.29, 1.82) is 0 Å². The summed E-state index contributed by atoms with van der Waals surface area (Å²) in [5.41, 5.74) is 0.902. The van der Waals surface area contributed by atoms with Crippen LogP contribution in [0.1, 0.15) is 45.1 Å². The monoisotopic (exact) mass is 408 g/mol. The van der Waals surface area contributed by atoms with Crippen molar-refractivity contribution in [3.8, 4) is 17.2 Å². The highest BCUT2D eigenvalue weighted by Gasteiger charge is 2.44. The van der Waals surface area contributed by atoms with Gasteiger partial charge in [-0.25, -0.2) is 0 Å². The van der Waals surface area contributed by atoms with Gasteiger partial charge in [0.25, 0.3) is 5.91 Å². The maximum atomic E-state index is 13.0. The first-order valence-corrected chi connectivity index (χ1v) is 10.8. The lowest BCUT2D eigenvalue weighted by Gasteiger charge is -2.38. The van der Waals surface area contributed by atoms with Crippen molar-refractivity contribution in [1.82, 2.24) is 9.88 Å². The predicted octanol–water partition coefficient (Wildman–Crippen LogP) is 3.77. The Bertz CT molecular complexity index is 916. The summed E-state index contributed by atoms with van der Waals surface area (Å²) in [6, 6.07) is 10.2. The number of carbonyl (C=O) groups excluding carboxylic acids is 1. The second-order valence-corrected chi connectivity index (χ2v) is 9.16. The van der Waals surface area contributed by atoms with E-state index in [0.29, 0.717) is 5.75 Å². The van der Waals surface area contributed by atoms with Gasteiger partial charge in [-0.3, -0.25) is 9.78 Å². The molecule has 0 unspecified atom stereocenters. The lowest BCUT2D eigenvalue weighted by atomic mass is 9.99. The molecule has 3 aliphatic heterocycles. The third-order valence-corrected chi connectivity index (χ3v) is 6.32. The molecule has 2 saturated heterocycles. The van der Waals surface area contributed by atoms with Crippen LogP contribution >= 0.6 is 0 Å². The molecule has 0 N–H and O–H groups in total. The Morgan fingerprint density at radius 1 is 1.20 bits per heavy atom. The first-order valence-electron chi connectivity index (χ1n) is 10.8. The van der Waals surface area contributed by atoms with Crippen molar-refractivity contribution < 1.29 is 19.0 Å². The molecule has 1 aromatic carbocycles. The SMILES string of the molecule is CC1(C)Cc2cccc(OCC(=O)N3[C@H]4CC[C@H]3CC(Oc3cccnc3)C4)c2O1. The van der Waals surface area contributed by atoms with Gasteiger partial charge in [-0.2, -0.15) is 0 Å². The van der Waals surface area contributed by atoms with E-state index in [9.17, 15) is 4.79 Å². The van der Waals surface area contributed by atoms with E-state index in [0.717, 1.165) is 49.2 Å². The first kappa shape index (κ1) is 19.2. The summed E-state index contributed by atoms with van der Waals surface area (Å²) < 4.78 is 18.1. The van der Waals surface area contributed by atoms with E-state index in [4.69, 9.17) is 14.2 Å². The van der Waals surface area contributed by atoms with E-state index in [1.54, 1.807) is 12.4 Å². The second-order valence-electron chi connectivity index (χ2n) is 9.16. The van der Waals surface area contributed by atoms with Gasteiger partial charge in [-0.05, 0) is 44.9 Å². The average Bonchev–Trinajstić information content (AvgIpc) is 3.19. The van der Waals surface area contributed by atoms with Crippen molar-refractivity contribution in [2.24, 2.45) is 0 Å². The van der Waals surface area contributed by atoms with Crippen molar-refractivity contribution in [3.05, 3.63) is 48.3 Å². The van der Waals surface area contributed by atoms with Gasteiger partial charge in [0.2, 0.25) is 0 Å². The first-order chi connectivity index (χ1) is 14.5.